The lowest BCUT2D eigenvalue weighted by atomic mass is 10.2. The molecule has 0 radical (unpaired) electrons. The van der Waals surface area contributed by atoms with Gasteiger partial charge in [-0.1, -0.05) is 12.1 Å². The van der Waals surface area contributed by atoms with Gasteiger partial charge in [0.1, 0.15) is 0 Å². The van der Waals surface area contributed by atoms with E-state index in [9.17, 15) is 4.79 Å². The van der Waals surface area contributed by atoms with Gasteiger partial charge in [0.15, 0.2) is 0 Å². The topological polar surface area (TPSA) is 39.2 Å². The highest BCUT2D eigenvalue weighted by molar-refractivity contribution is 5.81. The Kier molecular flexibility index (Phi) is 4.41. The fraction of sp³-hybridized carbons (Fsp3) is 0.273. The molecule has 0 aliphatic carbocycles. The van der Waals surface area contributed by atoms with Crippen molar-refractivity contribution in [3.63, 3.8) is 0 Å². The molecule has 0 saturated carbocycles. The van der Waals surface area contributed by atoms with Crippen LogP contribution in [0.5, 0.6) is 0 Å². The smallest absolute Gasteiger partial charge is 0.330 e. The standard InChI is InChI=1S/C11H13NO2/c1-2-14-11(13)7-3-5-10-6-4-8-12-9-10/h3-4,6-9H,2,5H2,1H3/b7-3+. The lowest BCUT2D eigenvalue weighted by Gasteiger charge is -1.95. The minimum atomic E-state index is -0.295. The molecule has 0 spiro atoms. The van der Waals surface area contributed by atoms with Crippen molar-refractivity contribution < 1.29 is 9.53 Å². The van der Waals surface area contributed by atoms with Crippen LogP contribution < -0.4 is 0 Å². The van der Waals surface area contributed by atoms with E-state index >= 15 is 0 Å². The Morgan fingerprint density at radius 3 is 3.14 bits per heavy atom. The maximum absolute atomic E-state index is 10.9. The van der Waals surface area contributed by atoms with Crippen LogP contribution >= 0.6 is 0 Å². The van der Waals surface area contributed by atoms with Gasteiger partial charge in [0.2, 0.25) is 0 Å². The Balaban J connectivity index is 2.37. The number of pyridine rings is 1. The molecule has 0 amide bonds. The molecule has 1 aromatic heterocycles. The maximum Gasteiger partial charge on any atom is 0.330 e. The van der Waals surface area contributed by atoms with E-state index < -0.39 is 0 Å². The third-order valence-electron chi connectivity index (χ3n) is 1.62. The van der Waals surface area contributed by atoms with Crippen molar-refractivity contribution in [2.45, 2.75) is 13.3 Å². The predicted molar refractivity (Wildman–Crippen MR) is 53.7 cm³/mol. The summed E-state index contributed by atoms with van der Waals surface area (Å²) in [5, 5.41) is 0. The van der Waals surface area contributed by atoms with E-state index in [1.54, 1.807) is 25.4 Å². The fourth-order valence-corrected chi connectivity index (χ4v) is 1.00. The van der Waals surface area contributed by atoms with Crippen LogP contribution in [-0.2, 0) is 16.0 Å². The molecule has 0 aliphatic heterocycles. The molecule has 74 valence electrons. The average Bonchev–Trinajstić information content (AvgIpc) is 2.20. The van der Waals surface area contributed by atoms with E-state index in [1.165, 1.54) is 6.08 Å². The number of esters is 1. The van der Waals surface area contributed by atoms with Gasteiger partial charge < -0.3 is 4.74 Å². The van der Waals surface area contributed by atoms with Crippen LogP contribution in [0.25, 0.3) is 0 Å². The first kappa shape index (κ1) is 10.4. The number of carbonyl (C=O) groups excluding carboxylic acids is 1. The summed E-state index contributed by atoms with van der Waals surface area (Å²) in [7, 11) is 0. The largest absolute Gasteiger partial charge is 0.463 e. The van der Waals surface area contributed by atoms with Gasteiger partial charge in [-0.15, -0.1) is 0 Å². The maximum atomic E-state index is 10.9. The lowest BCUT2D eigenvalue weighted by molar-refractivity contribution is -0.137. The first-order valence-electron chi connectivity index (χ1n) is 4.55. The molecule has 0 N–H and O–H groups in total. The third kappa shape index (κ3) is 3.85. The van der Waals surface area contributed by atoms with Crippen LogP contribution in [0.15, 0.2) is 36.7 Å². The average molecular weight is 191 g/mol. The molecule has 3 nitrogen and oxygen atoms in total. The summed E-state index contributed by atoms with van der Waals surface area (Å²) in [6, 6.07) is 3.83. The minimum Gasteiger partial charge on any atom is -0.463 e. The Labute approximate surface area is 83.4 Å². The van der Waals surface area contributed by atoms with Gasteiger partial charge >= 0.3 is 5.97 Å². The zero-order valence-corrected chi connectivity index (χ0v) is 8.14. The van der Waals surface area contributed by atoms with E-state index in [0.717, 1.165) is 5.56 Å². The molecule has 1 aromatic rings. The molecule has 3 heteroatoms. The molecular formula is C11H13NO2. The Hall–Kier alpha value is -1.64. The first-order chi connectivity index (χ1) is 6.83. The summed E-state index contributed by atoms with van der Waals surface area (Å²) in [6.07, 6.45) is 7.41. The summed E-state index contributed by atoms with van der Waals surface area (Å²) in [5.41, 5.74) is 1.08. The molecule has 0 aliphatic rings. The molecule has 14 heavy (non-hydrogen) atoms. The predicted octanol–water partition coefficient (Wildman–Crippen LogP) is 1.74. The van der Waals surface area contributed by atoms with Gasteiger partial charge in [0.25, 0.3) is 0 Å². The Morgan fingerprint density at radius 2 is 2.50 bits per heavy atom. The van der Waals surface area contributed by atoms with Gasteiger partial charge in [-0.2, -0.15) is 0 Å². The summed E-state index contributed by atoms with van der Waals surface area (Å²) >= 11 is 0. The van der Waals surface area contributed by atoms with E-state index in [0.29, 0.717) is 13.0 Å². The fourth-order valence-electron chi connectivity index (χ4n) is 1.00. The van der Waals surface area contributed by atoms with Crippen LogP contribution in [0.4, 0.5) is 0 Å². The quantitative estimate of drug-likeness (QED) is 0.537. The number of rotatable bonds is 4. The van der Waals surface area contributed by atoms with Crippen molar-refractivity contribution in [3.05, 3.63) is 42.2 Å². The molecule has 1 heterocycles. The monoisotopic (exact) mass is 191 g/mol. The second-order valence-corrected chi connectivity index (χ2v) is 2.72. The molecule has 0 unspecified atom stereocenters. The molecular weight excluding hydrogens is 178 g/mol. The Morgan fingerprint density at radius 1 is 1.64 bits per heavy atom. The van der Waals surface area contributed by atoms with Crippen LogP contribution in [0, 0.1) is 0 Å². The molecule has 0 atom stereocenters. The van der Waals surface area contributed by atoms with E-state index in [-0.39, 0.29) is 5.97 Å². The normalized spacial score (nSPS) is 10.4. The van der Waals surface area contributed by atoms with Crippen LogP contribution in [0.1, 0.15) is 12.5 Å². The second kappa shape index (κ2) is 5.91. The van der Waals surface area contributed by atoms with Crippen molar-refractivity contribution in [3.8, 4) is 0 Å². The van der Waals surface area contributed by atoms with Crippen LogP contribution in [-0.4, -0.2) is 17.6 Å². The van der Waals surface area contributed by atoms with Gasteiger partial charge in [-0.25, -0.2) is 4.79 Å². The molecule has 0 fully saturated rings. The van der Waals surface area contributed by atoms with Crippen molar-refractivity contribution in [2.24, 2.45) is 0 Å². The second-order valence-electron chi connectivity index (χ2n) is 2.72. The molecule has 0 aromatic carbocycles. The van der Waals surface area contributed by atoms with E-state index in [2.05, 4.69) is 4.98 Å². The summed E-state index contributed by atoms with van der Waals surface area (Å²) < 4.78 is 4.74. The first-order valence-corrected chi connectivity index (χ1v) is 4.55. The molecule has 1 rings (SSSR count). The van der Waals surface area contributed by atoms with Crippen molar-refractivity contribution in [1.29, 1.82) is 0 Å². The summed E-state index contributed by atoms with van der Waals surface area (Å²) in [5.74, 6) is -0.295. The van der Waals surface area contributed by atoms with Crippen LogP contribution in [0.3, 0.4) is 0 Å². The number of hydrogen-bond donors (Lipinski definition) is 0. The Bertz CT molecular complexity index is 306. The zero-order chi connectivity index (χ0) is 10.2. The number of carbonyl (C=O) groups is 1. The van der Waals surface area contributed by atoms with Gasteiger partial charge in [0, 0.05) is 18.5 Å². The highest BCUT2D eigenvalue weighted by atomic mass is 16.5. The lowest BCUT2D eigenvalue weighted by Crippen LogP contribution is -1.99. The van der Waals surface area contributed by atoms with Gasteiger partial charge in [-0.05, 0) is 25.0 Å². The summed E-state index contributed by atoms with van der Waals surface area (Å²) in [4.78, 5) is 14.9. The van der Waals surface area contributed by atoms with Crippen LogP contribution in [0.2, 0.25) is 0 Å². The van der Waals surface area contributed by atoms with Crippen molar-refractivity contribution in [2.75, 3.05) is 6.61 Å². The van der Waals surface area contributed by atoms with Gasteiger partial charge in [0.05, 0.1) is 6.61 Å². The highest BCUT2D eigenvalue weighted by Gasteiger charge is 1.92. The SMILES string of the molecule is CCOC(=O)/C=C/Cc1cccnc1. The van der Waals surface area contributed by atoms with E-state index in [1.807, 2.05) is 12.1 Å². The minimum absolute atomic E-state index is 0.295. The third-order valence-corrected chi connectivity index (χ3v) is 1.62. The highest BCUT2D eigenvalue weighted by Crippen LogP contribution is 1.97. The number of allylic oxidation sites excluding steroid dienone is 1. The molecule has 0 saturated heterocycles. The number of aromatic nitrogens is 1. The van der Waals surface area contributed by atoms with Crippen molar-refractivity contribution >= 4 is 5.97 Å². The number of nitrogens with zero attached hydrogens (tertiary/aromatic N) is 1. The van der Waals surface area contributed by atoms with Gasteiger partial charge in [-0.3, -0.25) is 4.98 Å². The zero-order valence-electron chi connectivity index (χ0n) is 8.14. The summed E-state index contributed by atoms with van der Waals surface area (Å²) in [6.45, 7) is 2.20. The molecule has 0 bridgehead atoms. The number of hydrogen-bond acceptors (Lipinski definition) is 3. The van der Waals surface area contributed by atoms with E-state index in [4.69, 9.17) is 4.74 Å². The number of ether oxygens (including phenoxy) is 1. The van der Waals surface area contributed by atoms with Crippen molar-refractivity contribution in [1.82, 2.24) is 4.98 Å².